The highest BCUT2D eigenvalue weighted by Crippen LogP contribution is 2.31. The minimum absolute atomic E-state index is 0.181. The van der Waals surface area contributed by atoms with E-state index in [9.17, 15) is 9.82 Å². The molecular weight excluding hydrogens is 360 g/mol. The summed E-state index contributed by atoms with van der Waals surface area (Å²) in [6, 6.07) is -0.320. The van der Waals surface area contributed by atoms with E-state index in [-0.39, 0.29) is 18.2 Å². The van der Waals surface area contributed by atoms with Crippen LogP contribution < -0.4 is 0 Å². The van der Waals surface area contributed by atoms with Crippen molar-refractivity contribution in [1.29, 1.82) is 0 Å². The molecule has 3 atom stereocenters. The molecule has 2 aliphatic heterocycles. The van der Waals surface area contributed by atoms with Gasteiger partial charge in [0.2, 0.25) is 0 Å². The highest BCUT2D eigenvalue weighted by molar-refractivity contribution is 6.45. The van der Waals surface area contributed by atoms with Crippen molar-refractivity contribution in [3.05, 3.63) is 12.2 Å². The Bertz CT molecular complexity index is 484. The van der Waals surface area contributed by atoms with Crippen molar-refractivity contribution in [3.8, 4) is 0 Å². The molecule has 9 heteroatoms. The number of carbonyl (C=O) groups excluding carboxylic acids is 1. The summed E-state index contributed by atoms with van der Waals surface area (Å²) in [5.41, 5.74) is -0.662. The Hall–Kier alpha value is -0.635. The first-order valence-electron chi connectivity index (χ1n) is 9.11. The van der Waals surface area contributed by atoms with E-state index in [1.54, 1.807) is 23.8 Å². The number of rotatable bonds is 8. The third-order valence-corrected chi connectivity index (χ3v) is 4.81. The Morgan fingerprint density at radius 2 is 2.27 bits per heavy atom. The lowest BCUT2D eigenvalue weighted by Crippen LogP contribution is -2.55. The quantitative estimate of drug-likeness (QED) is 0.293. The molecule has 2 fully saturated rings. The van der Waals surface area contributed by atoms with Crippen LogP contribution in [0.15, 0.2) is 12.2 Å². The van der Waals surface area contributed by atoms with E-state index in [4.69, 9.17) is 30.5 Å². The Morgan fingerprint density at radius 3 is 2.88 bits per heavy atom. The third kappa shape index (κ3) is 5.94. The second-order valence-electron chi connectivity index (χ2n) is 7.01. The summed E-state index contributed by atoms with van der Waals surface area (Å²) in [5, 5.41) is 10.2. The van der Waals surface area contributed by atoms with Crippen LogP contribution in [0.5, 0.6) is 0 Å². The van der Waals surface area contributed by atoms with Crippen molar-refractivity contribution in [2.75, 3.05) is 25.7 Å². The lowest BCUT2D eigenvalue weighted by molar-refractivity contribution is -0.155. The number of hydrogen-bond donors (Lipinski definition) is 1. The molecule has 0 saturated carbocycles. The Kier molecular flexibility index (Phi) is 8.38. The summed E-state index contributed by atoms with van der Waals surface area (Å²) in [7, 11) is -0.755. The molecule has 0 bridgehead atoms. The van der Waals surface area contributed by atoms with Crippen LogP contribution in [0, 0.1) is 0 Å². The molecule has 0 aromatic heterocycles. The van der Waals surface area contributed by atoms with Crippen LogP contribution in [0.3, 0.4) is 0 Å². The molecule has 2 aliphatic rings. The summed E-state index contributed by atoms with van der Waals surface area (Å²) < 4.78 is 22.4. The van der Waals surface area contributed by atoms with E-state index in [1.807, 2.05) is 13.8 Å². The minimum Gasteiger partial charge on any atom is -0.456 e. The maximum Gasteiger partial charge on any atom is 0.379 e. The molecule has 0 radical (unpaired) electrons. The summed E-state index contributed by atoms with van der Waals surface area (Å²) in [5.74, 6) is -0.754. The molecule has 1 N–H and O–H groups in total. The van der Waals surface area contributed by atoms with Crippen LogP contribution >= 0.6 is 11.6 Å². The standard InChI is InChI=1S/C17H29BClNO6/c1-17(2)20(18(3)22)13(12-25-17)14(26-15(21)11-19)7-6-10-24-16-8-4-5-9-23-16/h6-7,13-14,16,22H,4-5,8-12H2,1-3H3/t13-,14+,16?/m1/s1. The summed E-state index contributed by atoms with van der Waals surface area (Å²) in [4.78, 5) is 13.5. The number of carbonyl (C=O) groups is 1. The van der Waals surface area contributed by atoms with E-state index >= 15 is 0 Å². The van der Waals surface area contributed by atoms with E-state index in [1.165, 1.54) is 0 Å². The number of ether oxygens (including phenoxy) is 4. The van der Waals surface area contributed by atoms with Gasteiger partial charge >= 0.3 is 13.0 Å². The fourth-order valence-corrected chi connectivity index (χ4v) is 3.51. The van der Waals surface area contributed by atoms with E-state index in [2.05, 4.69) is 0 Å². The van der Waals surface area contributed by atoms with Crippen molar-refractivity contribution in [2.45, 2.75) is 64.1 Å². The first-order chi connectivity index (χ1) is 12.3. The zero-order valence-corrected chi connectivity index (χ0v) is 16.5. The fraction of sp³-hybridized carbons (Fsp3) is 0.824. The molecule has 0 spiro atoms. The average molecular weight is 390 g/mol. The number of halogens is 1. The Labute approximate surface area is 160 Å². The van der Waals surface area contributed by atoms with Gasteiger partial charge in [-0.05, 0) is 46.0 Å². The second-order valence-corrected chi connectivity index (χ2v) is 7.28. The lowest BCUT2D eigenvalue weighted by atomic mass is 9.80. The van der Waals surface area contributed by atoms with Gasteiger partial charge in [-0.1, -0.05) is 6.08 Å². The zero-order valence-electron chi connectivity index (χ0n) is 15.7. The Balaban J connectivity index is 2.00. The largest absolute Gasteiger partial charge is 0.456 e. The van der Waals surface area contributed by atoms with Gasteiger partial charge in [0.25, 0.3) is 0 Å². The predicted molar refractivity (Wildman–Crippen MR) is 98.8 cm³/mol. The molecule has 2 saturated heterocycles. The second kappa shape index (κ2) is 10.1. The van der Waals surface area contributed by atoms with Gasteiger partial charge in [-0.25, -0.2) is 0 Å². The first kappa shape index (κ1) is 21.7. The van der Waals surface area contributed by atoms with E-state index < -0.39 is 24.8 Å². The minimum atomic E-state index is -0.755. The summed E-state index contributed by atoms with van der Waals surface area (Å²) >= 11 is 5.59. The molecule has 0 aromatic rings. The molecule has 148 valence electrons. The van der Waals surface area contributed by atoms with Crippen molar-refractivity contribution >= 4 is 24.6 Å². The molecule has 0 aromatic carbocycles. The van der Waals surface area contributed by atoms with Crippen LogP contribution in [-0.2, 0) is 23.7 Å². The highest BCUT2D eigenvalue weighted by Gasteiger charge is 2.47. The van der Waals surface area contributed by atoms with Gasteiger partial charge in [-0.3, -0.25) is 9.61 Å². The van der Waals surface area contributed by atoms with Gasteiger partial charge in [0.15, 0.2) is 6.29 Å². The molecule has 0 aliphatic carbocycles. The van der Waals surface area contributed by atoms with Gasteiger partial charge < -0.3 is 24.0 Å². The molecule has 7 nitrogen and oxygen atoms in total. The van der Waals surface area contributed by atoms with Crippen LogP contribution in [0.25, 0.3) is 0 Å². The number of hydrogen-bond acceptors (Lipinski definition) is 7. The van der Waals surface area contributed by atoms with Gasteiger partial charge in [-0.15, -0.1) is 11.6 Å². The topological polar surface area (TPSA) is 77.5 Å². The number of esters is 1. The predicted octanol–water partition coefficient (Wildman–Crippen LogP) is 1.78. The maximum absolute atomic E-state index is 11.7. The van der Waals surface area contributed by atoms with Crippen molar-refractivity contribution in [2.24, 2.45) is 0 Å². The fourth-order valence-electron chi connectivity index (χ4n) is 3.45. The molecule has 26 heavy (non-hydrogen) atoms. The smallest absolute Gasteiger partial charge is 0.379 e. The van der Waals surface area contributed by atoms with Crippen LogP contribution in [0.4, 0.5) is 0 Å². The molecule has 1 unspecified atom stereocenters. The molecular formula is C17H29BClNO6. The van der Waals surface area contributed by atoms with Crippen molar-refractivity contribution in [1.82, 2.24) is 4.81 Å². The molecule has 0 amide bonds. The Morgan fingerprint density at radius 1 is 1.50 bits per heavy atom. The van der Waals surface area contributed by atoms with Gasteiger partial charge in [0.05, 0.1) is 19.3 Å². The zero-order chi connectivity index (χ0) is 19.2. The van der Waals surface area contributed by atoms with Crippen molar-refractivity contribution in [3.63, 3.8) is 0 Å². The molecule has 2 heterocycles. The van der Waals surface area contributed by atoms with Gasteiger partial charge in [0.1, 0.15) is 17.7 Å². The van der Waals surface area contributed by atoms with Gasteiger partial charge in [-0.2, -0.15) is 0 Å². The van der Waals surface area contributed by atoms with Crippen LogP contribution in [-0.4, -0.2) is 72.7 Å². The van der Waals surface area contributed by atoms with Gasteiger partial charge in [0, 0.05) is 6.61 Å². The molecule has 2 rings (SSSR count). The monoisotopic (exact) mass is 389 g/mol. The maximum atomic E-state index is 11.7. The summed E-state index contributed by atoms with van der Waals surface area (Å²) in [6.45, 7) is 6.81. The third-order valence-electron chi connectivity index (χ3n) is 4.59. The number of alkyl halides is 1. The first-order valence-corrected chi connectivity index (χ1v) is 9.64. The van der Waals surface area contributed by atoms with Crippen LogP contribution in [0.1, 0.15) is 33.1 Å². The van der Waals surface area contributed by atoms with Crippen LogP contribution in [0.2, 0.25) is 6.82 Å². The highest BCUT2D eigenvalue weighted by atomic mass is 35.5. The SMILES string of the molecule is CB(O)N1[C@@H]([C@H](C=CCOC2CCCCO2)OC(=O)CCl)COC1(C)C. The van der Waals surface area contributed by atoms with E-state index in [0.29, 0.717) is 13.2 Å². The average Bonchev–Trinajstić information content (AvgIpc) is 2.93. The van der Waals surface area contributed by atoms with Crippen molar-refractivity contribution < 1.29 is 28.8 Å². The lowest BCUT2D eigenvalue weighted by Gasteiger charge is -2.36. The van der Waals surface area contributed by atoms with E-state index in [0.717, 1.165) is 25.9 Å². The summed E-state index contributed by atoms with van der Waals surface area (Å²) in [6.07, 6.45) is 5.83. The normalized spacial score (nSPS) is 27.6. The number of nitrogens with zero attached hydrogens (tertiary/aromatic N) is 1.